The van der Waals surface area contributed by atoms with Gasteiger partial charge in [0.05, 0.1) is 6.61 Å². The number of amides is 2. The average Bonchev–Trinajstić information content (AvgIpc) is 2.74. The number of piperazine rings is 1. The third-order valence-electron chi connectivity index (χ3n) is 4.37. The SMILES string of the molecule is CCOC(=O)N1CCN(C(=NCC(=O)N(C)C)NCCSc2ccccc2)CC1.I. The third-order valence-corrected chi connectivity index (χ3v) is 5.38. The van der Waals surface area contributed by atoms with Crippen LogP contribution in [-0.2, 0) is 9.53 Å². The molecule has 0 spiro atoms. The van der Waals surface area contributed by atoms with E-state index in [2.05, 4.69) is 27.3 Å². The van der Waals surface area contributed by atoms with Gasteiger partial charge in [0.2, 0.25) is 5.91 Å². The minimum Gasteiger partial charge on any atom is -0.450 e. The van der Waals surface area contributed by atoms with Crippen LogP contribution >= 0.6 is 35.7 Å². The van der Waals surface area contributed by atoms with E-state index in [0.717, 1.165) is 12.3 Å². The lowest BCUT2D eigenvalue weighted by molar-refractivity contribution is -0.127. The van der Waals surface area contributed by atoms with Gasteiger partial charge in [0.1, 0.15) is 6.54 Å². The fourth-order valence-corrected chi connectivity index (χ4v) is 3.51. The number of rotatable bonds is 7. The van der Waals surface area contributed by atoms with Crippen molar-refractivity contribution in [3.8, 4) is 0 Å². The second kappa shape index (κ2) is 14.3. The van der Waals surface area contributed by atoms with Crippen molar-refractivity contribution in [3.05, 3.63) is 30.3 Å². The van der Waals surface area contributed by atoms with Gasteiger partial charge in [-0.05, 0) is 19.1 Å². The number of ether oxygens (including phenoxy) is 1. The van der Waals surface area contributed by atoms with Crippen LogP contribution in [0.5, 0.6) is 0 Å². The van der Waals surface area contributed by atoms with Crippen LogP contribution in [0.15, 0.2) is 40.2 Å². The van der Waals surface area contributed by atoms with Gasteiger partial charge in [0.15, 0.2) is 5.96 Å². The summed E-state index contributed by atoms with van der Waals surface area (Å²) in [4.78, 5) is 34.9. The highest BCUT2D eigenvalue weighted by molar-refractivity contribution is 14.0. The number of benzene rings is 1. The van der Waals surface area contributed by atoms with Gasteiger partial charge in [0, 0.05) is 57.5 Å². The number of guanidine groups is 1. The number of thioether (sulfide) groups is 1. The van der Waals surface area contributed by atoms with Crippen molar-refractivity contribution >= 4 is 53.7 Å². The van der Waals surface area contributed by atoms with E-state index in [1.807, 2.05) is 18.2 Å². The van der Waals surface area contributed by atoms with Crippen molar-refractivity contribution in [3.63, 3.8) is 0 Å². The van der Waals surface area contributed by atoms with E-state index in [1.54, 1.807) is 37.7 Å². The quantitative estimate of drug-likeness (QED) is 0.185. The van der Waals surface area contributed by atoms with Gasteiger partial charge in [-0.1, -0.05) is 18.2 Å². The number of likely N-dealkylation sites (N-methyl/N-ethyl adjacent to an activating group) is 1. The molecule has 2 rings (SSSR count). The lowest BCUT2D eigenvalue weighted by Gasteiger charge is -2.36. The van der Waals surface area contributed by atoms with Gasteiger partial charge in [-0.3, -0.25) is 4.79 Å². The number of hydrogen-bond acceptors (Lipinski definition) is 5. The number of aliphatic imine (C=N–C) groups is 1. The average molecular weight is 549 g/mol. The lowest BCUT2D eigenvalue weighted by atomic mass is 10.3. The maximum absolute atomic E-state index is 12.0. The second-order valence-corrected chi connectivity index (χ2v) is 7.86. The van der Waals surface area contributed by atoms with E-state index in [4.69, 9.17) is 4.74 Å². The molecule has 1 N–H and O–H groups in total. The van der Waals surface area contributed by atoms with Crippen molar-refractivity contribution in [2.75, 3.05) is 65.7 Å². The second-order valence-electron chi connectivity index (χ2n) is 6.69. The highest BCUT2D eigenvalue weighted by atomic mass is 127. The maximum atomic E-state index is 12.0. The predicted molar refractivity (Wildman–Crippen MR) is 132 cm³/mol. The molecule has 10 heteroatoms. The topological polar surface area (TPSA) is 77.5 Å². The van der Waals surface area contributed by atoms with Gasteiger partial charge >= 0.3 is 6.09 Å². The fourth-order valence-electron chi connectivity index (χ4n) is 2.72. The molecule has 1 fully saturated rings. The molecule has 1 aliphatic heterocycles. The number of nitrogens with zero attached hydrogens (tertiary/aromatic N) is 4. The number of carbonyl (C=O) groups is 2. The Morgan fingerprint density at radius 2 is 1.77 bits per heavy atom. The Labute approximate surface area is 200 Å². The molecule has 2 amide bonds. The summed E-state index contributed by atoms with van der Waals surface area (Å²) in [5.41, 5.74) is 0. The zero-order valence-electron chi connectivity index (χ0n) is 17.9. The number of nitrogens with one attached hydrogen (secondary N) is 1. The molecular weight excluding hydrogens is 517 g/mol. The molecule has 1 saturated heterocycles. The van der Waals surface area contributed by atoms with Crippen molar-refractivity contribution in [2.45, 2.75) is 11.8 Å². The van der Waals surface area contributed by atoms with Gasteiger partial charge < -0.3 is 24.8 Å². The van der Waals surface area contributed by atoms with Crippen LogP contribution in [0.4, 0.5) is 4.79 Å². The molecule has 1 aromatic rings. The normalized spacial score (nSPS) is 14.0. The summed E-state index contributed by atoms with van der Waals surface area (Å²) in [7, 11) is 3.44. The van der Waals surface area contributed by atoms with Gasteiger partial charge in [-0.2, -0.15) is 0 Å². The monoisotopic (exact) mass is 549 g/mol. The predicted octanol–water partition coefficient (Wildman–Crippen LogP) is 2.20. The lowest BCUT2D eigenvalue weighted by Crippen LogP contribution is -2.54. The van der Waals surface area contributed by atoms with Gasteiger partial charge in [-0.25, -0.2) is 9.79 Å². The smallest absolute Gasteiger partial charge is 0.409 e. The molecule has 0 atom stereocenters. The van der Waals surface area contributed by atoms with Crippen LogP contribution in [0.25, 0.3) is 0 Å². The Balaban J connectivity index is 0.00000450. The molecule has 0 aromatic heterocycles. The molecule has 0 bridgehead atoms. The van der Waals surface area contributed by atoms with E-state index >= 15 is 0 Å². The summed E-state index contributed by atoms with van der Waals surface area (Å²) in [5.74, 6) is 1.54. The fraction of sp³-hybridized carbons (Fsp3) is 0.550. The first-order valence-corrected chi connectivity index (χ1v) is 10.8. The summed E-state index contributed by atoms with van der Waals surface area (Å²) < 4.78 is 5.07. The van der Waals surface area contributed by atoms with E-state index in [0.29, 0.717) is 38.7 Å². The molecule has 30 heavy (non-hydrogen) atoms. The Morgan fingerprint density at radius 1 is 1.13 bits per heavy atom. The maximum Gasteiger partial charge on any atom is 0.409 e. The zero-order valence-corrected chi connectivity index (χ0v) is 21.0. The van der Waals surface area contributed by atoms with Crippen LogP contribution < -0.4 is 5.32 Å². The Hall–Kier alpha value is -1.69. The molecular formula is C20H32IN5O3S. The molecule has 0 radical (unpaired) electrons. The molecule has 1 aromatic carbocycles. The first kappa shape index (κ1) is 26.3. The number of hydrogen-bond donors (Lipinski definition) is 1. The molecule has 0 saturated carbocycles. The summed E-state index contributed by atoms with van der Waals surface area (Å²) in [5, 5.41) is 3.37. The number of carbonyl (C=O) groups excluding carboxylic acids is 2. The zero-order chi connectivity index (χ0) is 21.1. The van der Waals surface area contributed by atoms with Crippen LogP contribution in [-0.4, -0.2) is 98.4 Å². The number of halogens is 1. The van der Waals surface area contributed by atoms with E-state index in [1.165, 1.54) is 9.80 Å². The summed E-state index contributed by atoms with van der Waals surface area (Å²) in [6.07, 6.45) is -0.277. The molecule has 1 aliphatic rings. The minimum atomic E-state index is -0.277. The van der Waals surface area contributed by atoms with Crippen LogP contribution in [0.3, 0.4) is 0 Å². The Kier molecular flexibility index (Phi) is 12.6. The van der Waals surface area contributed by atoms with Crippen molar-refractivity contribution in [1.82, 2.24) is 20.0 Å². The summed E-state index contributed by atoms with van der Waals surface area (Å²) in [6.45, 7) is 5.43. The molecule has 0 unspecified atom stereocenters. The Morgan fingerprint density at radius 3 is 2.37 bits per heavy atom. The van der Waals surface area contributed by atoms with Crippen LogP contribution in [0.2, 0.25) is 0 Å². The Bertz CT molecular complexity index is 682. The molecule has 1 heterocycles. The standard InChI is InChI=1S/C20H31N5O3S.HI/c1-4-28-20(27)25-13-11-24(12-14-25)19(22-16-18(26)23(2)3)21-10-15-29-17-8-6-5-7-9-17;/h5-9H,4,10-16H2,1-3H3,(H,21,22);1H. The first-order chi connectivity index (χ1) is 14.0. The molecule has 8 nitrogen and oxygen atoms in total. The van der Waals surface area contributed by atoms with Crippen molar-refractivity contribution in [1.29, 1.82) is 0 Å². The highest BCUT2D eigenvalue weighted by Crippen LogP contribution is 2.15. The van der Waals surface area contributed by atoms with Gasteiger partial charge in [-0.15, -0.1) is 35.7 Å². The van der Waals surface area contributed by atoms with Crippen LogP contribution in [0, 0.1) is 0 Å². The van der Waals surface area contributed by atoms with E-state index < -0.39 is 0 Å². The largest absolute Gasteiger partial charge is 0.450 e. The minimum absolute atomic E-state index is 0. The highest BCUT2D eigenvalue weighted by Gasteiger charge is 2.24. The third kappa shape index (κ3) is 8.99. The van der Waals surface area contributed by atoms with E-state index in [-0.39, 0.29) is 42.5 Å². The van der Waals surface area contributed by atoms with E-state index in [9.17, 15) is 9.59 Å². The summed E-state index contributed by atoms with van der Waals surface area (Å²) in [6, 6.07) is 10.2. The molecule has 0 aliphatic carbocycles. The van der Waals surface area contributed by atoms with Gasteiger partial charge in [0.25, 0.3) is 0 Å². The summed E-state index contributed by atoms with van der Waals surface area (Å²) >= 11 is 1.77. The van der Waals surface area contributed by atoms with Crippen molar-refractivity contribution < 1.29 is 14.3 Å². The van der Waals surface area contributed by atoms with Crippen molar-refractivity contribution in [2.24, 2.45) is 4.99 Å². The van der Waals surface area contributed by atoms with Crippen LogP contribution in [0.1, 0.15) is 6.92 Å². The first-order valence-electron chi connectivity index (χ1n) is 9.84. The molecule has 168 valence electrons.